The number of hydrogen-bond acceptors (Lipinski definition) is 6. The van der Waals surface area contributed by atoms with Gasteiger partial charge >= 0.3 is 0 Å². The smallest absolute Gasteiger partial charge is 0.247 e. The molecule has 0 N–H and O–H groups in total. The summed E-state index contributed by atoms with van der Waals surface area (Å²) in [6.07, 6.45) is 1.58. The summed E-state index contributed by atoms with van der Waals surface area (Å²) in [6, 6.07) is 17.7. The predicted octanol–water partition coefficient (Wildman–Crippen LogP) is 4.53. The molecule has 4 aromatic rings. The first-order valence-corrected chi connectivity index (χ1v) is 8.44. The third kappa shape index (κ3) is 2.88. The molecule has 0 amide bonds. The summed E-state index contributed by atoms with van der Waals surface area (Å²) in [5, 5.41) is 10.3. The van der Waals surface area contributed by atoms with E-state index < -0.39 is 0 Å². The van der Waals surface area contributed by atoms with Crippen molar-refractivity contribution in [1.29, 1.82) is 0 Å². The van der Waals surface area contributed by atoms with E-state index in [1.807, 2.05) is 61.5 Å². The SMILES string of the molecule is C[C@H](Sc1ncnc2ccccc12)c1nnc(-c2ccccc2)o1. The van der Waals surface area contributed by atoms with E-state index in [1.165, 1.54) is 0 Å². The number of aromatic nitrogens is 4. The lowest BCUT2D eigenvalue weighted by Crippen LogP contribution is -1.92. The highest BCUT2D eigenvalue weighted by Crippen LogP contribution is 2.36. The van der Waals surface area contributed by atoms with Crippen LogP contribution >= 0.6 is 11.8 Å². The molecule has 2 aromatic heterocycles. The molecule has 0 aliphatic rings. The van der Waals surface area contributed by atoms with Gasteiger partial charge in [-0.15, -0.1) is 10.2 Å². The first-order valence-electron chi connectivity index (χ1n) is 7.56. The Labute approximate surface area is 143 Å². The van der Waals surface area contributed by atoms with Gasteiger partial charge in [0.05, 0.1) is 10.8 Å². The highest BCUT2D eigenvalue weighted by Gasteiger charge is 2.18. The summed E-state index contributed by atoms with van der Waals surface area (Å²) >= 11 is 1.59. The fourth-order valence-corrected chi connectivity index (χ4v) is 3.33. The fraction of sp³-hybridized carbons (Fsp3) is 0.111. The molecule has 2 aromatic carbocycles. The van der Waals surface area contributed by atoms with Gasteiger partial charge in [0.1, 0.15) is 11.4 Å². The monoisotopic (exact) mass is 334 g/mol. The van der Waals surface area contributed by atoms with Crippen LogP contribution in [0.1, 0.15) is 18.1 Å². The number of para-hydroxylation sites is 1. The molecule has 0 bridgehead atoms. The van der Waals surface area contributed by atoms with E-state index >= 15 is 0 Å². The van der Waals surface area contributed by atoms with Gasteiger partial charge in [0.25, 0.3) is 0 Å². The summed E-state index contributed by atoms with van der Waals surface area (Å²) in [7, 11) is 0. The zero-order chi connectivity index (χ0) is 16.4. The van der Waals surface area contributed by atoms with Crippen molar-refractivity contribution in [3.8, 4) is 11.5 Å². The van der Waals surface area contributed by atoms with Crippen molar-refractivity contribution in [2.24, 2.45) is 0 Å². The van der Waals surface area contributed by atoms with E-state index in [2.05, 4.69) is 20.2 Å². The molecule has 0 fully saturated rings. The Morgan fingerprint density at radius 3 is 2.58 bits per heavy atom. The van der Waals surface area contributed by atoms with Gasteiger partial charge in [-0.1, -0.05) is 48.2 Å². The predicted molar refractivity (Wildman–Crippen MR) is 93.5 cm³/mol. The zero-order valence-electron chi connectivity index (χ0n) is 13.0. The van der Waals surface area contributed by atoms with Crippen molar-refractivity contribution in [2.75, 3.05) is 0 Å². The number of nitrogens with zero attached hydrogens (tertiary/aromatic N) is 4. The maximum Gasteiger partial charge on any atom is 0.247 e. The third-order valence-electron chi connectivity index (χ3n) is 3.60. The molecule has 2 heterocycles. The Bertz CT molecular complexity index is 966. The van der Waals surface area contributed by atoms with Crippen molar-refractivity contribution in [1.82, 2.24) is 20.2 Å². The van der Waals surface area contributed by atoms with Crippen molar-refractivity contribution >= 4 is 22.7 Å². The number of thioether (sulfide) groups is 1. The highest BCUT2D eigenvalue weighted by atomic mass is 32.2. The van der Waals surface area contributed by atoms with Crippen molar-refractivity contribution in [3.63, 3.8) is 0 Å². The standard InChI is InChI=1S/C18H14N4OS/c1-12(16-21-22-17(23-16)13-7-3-2-4-8-13)24-18-14-9-5-6-10-15(14)19-11-20-18/h2-12H,1H3/t12-/m0/s1. The van der Waals surface area contributed by atoms with Gasteiger partial charge in [0.2, 0.25) is 11.8 Å². The van der Waals surface area contributed by atoms with E-state index in [1.54, 1.807) is 18.1 Å². The largest absolute Gasteiger partial charge is 0.419 e. The van der Waals surface area contributed by atoms with Crippen LogP contribution in [0.4, 0.5) is 0 Å². The molecule has 0 radical (unpaired) electrons. The number of rotatable bonds is 4. The van der Waals surface area contributed by atoms with Crippen molar-refractivity contribution < 1.29 is 4.42 Å². The van der Waals surface area contributed by atoms with Crippen LogP contribution in [0.5, 0.6) is 0 Å². The van der Waals surface area contributed by atoms with Crippen molar-refractivity contribution in [2.45, 2.75) is 17.2 Å². The second-order valence-corrected chi connectivity index (χ2v) is 6.60. The lowest BCUT2D eigenvalue weighted by molar-refractivity contribution is 0.509. The van der Waals surface area contributed by atoms with E-state index in [0.717, 1.165) is 21.5 Å². The van der Waals surface area contributed by atoms with Crippen LogP contribution < -0.4 is 0 Å². The molecule has 5 nitrogen and oxygen atoms in total. The van der Waals surface area contributed by atoms with Crippen LogP contribution in [0.15, 0.2) is 70.4 Å². The van der Waals surface area contributed by atoms with Crippen molar-refractivity contribution in [3.05, 3.63) is 66.8 Å². The molecule has 0 saturated carbocycles. The third-order valence-corrected chi connectivity index (χ3v) is 4.71. The minimum Gasteiger partial charge on any atom is -0.419 e. The molecule has 1 atom stereocenters. The van der Waals surface area contributed by atoms with E-state index in [0.29, 0.717) is 11.8 Å². The molecule has 24 heavy (non-hydrogen) atoms. The van der Waals surface area contributed by atoms with E-state index in [4.69, 9.17) is 4.42 Å². The molecule has 0 saturated heterocycles. The normalized spacial score (nSPS) is 12.4. The average Bonchev–Trinajstić information content (AvgIpc) is 3.13. The first kappa shape index (κ1) is 14.8. The van der Waals surface area contributed by atoms with Gasteiger partial charge in [-0.3, -0.25) is 0 Å². The van der Waals surface area contributed by atoms with Crippen LogP contribution in [0, 0.1) is 0 Å². The number of fused-ring (bicyclic) bond motifs is 1. The summed E-state index contributed by atoms with van der Waals surface area (Å²) in [5.41, 5.74) is 1.85. The summed E-state index contributed by atoms with van der Waals surface area (Å²) in [6.45, 7) is 2.03. The number of benzene rings is 2. The lowest BCUT2D eigenvalue weighted by Gasteiger charge is -2.08. The maximum atomic E-state index is 5.83. The maximum absolute atomic E-state index is 5.83. The molecule has 0 unspecified atom stereocenters. The topological polar surface area (TPSA) is 64.7 Å². The summed E-state index contributed by atoms with van der Waals surface area (Å²) in [4.78, 5) is 8.69. The lowest BCUT2D eigenvalue weighted by atomic mass is 10.2. The quantitative estimate of drug-likeness (QED) is 0.403. The zero-order valence-corrected chi connectivity index (χ0v) is 13.8. The molecular weight excluding hydrogens is 320 g/mol. The Kier molecular flexibility index (Phi) is 3.96. The molecule has 0 aliphatic carbocycles. The van der Waals surface area contributed by atoms with Gasteiger partial charge in [0.15, 0.2) is 0 Å². The van der Waals surface area contributed by atoms with Crippen LogP contribution in [0.3, 0.4) is 0 Å². The van der Waals surface area contributed by atoms with Crippen LogP contribution in [0.2, 0.25) is 0 Å². The Hall–Kier alpha value is -2.73. The summed E-state index contributed by atoms with van der Waals surface area (Å²) < 4.78 is 5.83. The first-order chi connectivity index (χ1) is 11.8. The van der Waals surface area contributed by atoms with Gasteiger partial charge in [-0.25, -0.2) is 9.97 Å². The molecule has 6 heteroatoms. The Balaban J connectivity index is 1.60. The minimum atomic E-state index is -0.00623. The molecule has 4 rings (SSSR count). The fourth-order valence-electron chi connectivity index (χ4n) is 2.39. The Morgan fingerprint density at radius 2 is 1.71 bits per heavy atom. The molecule has 0 aliphatic heterocycles. The molecule has 0 spiro atoms. The second kappa shape index (κ2) is 6.41. The average molecular weight is 334 g/mol. The van der Waals surface area contributed by atoms with E-state index in [9.17, 15) is 0 Å². The van der Waals surface area contributed by atoms with Gasteiger partial charge in [-0.05, 0) is 25.1 Å². The Morgan fingerprint density at radius 1 is 0.917 bits per heavy atom. The van der Waals surface area contributed by atoms with Gasteiger partial charge in [-0.2, -0.15) is 0 Å². The van der Waals surface area contributed by atoms with Gasteiger partial charge in [0, 0.05) is 10.9 Å². The van der Waals surface area contributed by atoms with Crippen LogP contribution in [-0.4, -0.2) is 20.2 Å². The summed E-state index contributed by atoms with van der Waals surface area (Å²) in [5.74, 6) is 1.12. The molecule has 118 valence electrons. The van der Waals surface area contributed by atoms with Gasteiger partial charge < -0.3 is 4.42 Å². The van der Waals surface area contributed by atoms with Crippen LogP contribution in [0.25, 0.3) is 22.4 Å². The van der Waals surface area contributed by atoms with E-state index in [-0.39, 0.29) is 5.25 Å². The van der Waals surface area contributed by atoms with Crippen LogP contribution in [-0.2, 0) is 0 Å². The highest BCUT2D eigenvalue weighted by molar-refractivity contribution is 7.99. The molecular formula is C18H14N4OS. The minimum absolute atomic E-state index is 0.00623. The second-order valence-electron chi connectivity index (χ2n) is 5.27. The number of hydrogen-bond donors (Lipinski definition) is 0.